The van der Waals surface area contributed by atoms with E-state index in [0.29, 0.717) is 12.2 Å². The van der Waals surface area contributed by atoms with Crippen LogP contribution in [0.5, 0.6) is 5.75 Å². The van der Waals surface area contributed by atoms with Gasteiger partial charge in [0.2, 0.25) is 0 Å². The molecule has 0 unspecified atom stereocenters. The van der Waals surface area contributed by atoms with Gasteiger partial charge in [-0.25, -0.2) is 0 Å². The second kappa shape index (κ2) is 6.57. The van der Waals surface area contributed by atoms with Crippen molar-refractivity contribution in [3.05, 3.63) is 65.7 Å². The van der Waals surface area contributed by atoms with E-state index in [2.05, 4.69) is 31.2 Å². The number of ether oxygens (including phenoxy) is 1. The number of methoxy groups -OCH3 is 1. The molecule has 114 valence electrons. The average molecular weight is 312 g/mol. The summed E-state index contributed by atoms with van der Waals surface area (Å²) in [4.78, 5) is 12.4. The molecule has 1 saturated heterocycles. The Hall–Kier alpha value is -1.74. The van der Waals surface area contributed by atoms with Gasteiger partial charge < -0.3 is 4.74 Å². The molecule has 2 nitrogen and oxygen atoms in total. The fourth-order valence-electron chi connectivity index (χ4n) is 2.91. The van der Waals surface area contributed by atoms with Crippen LogP contribution in [-0.4, -0.2) is 12.9 Å². The van der Waals surface area contributed by atoms with Crippen molar-refractivity contribution in [3.63, 3.8) is 0 Å². The molecule has 22 heavy (non-hydrogen) atoms. The predicted octanol–water partition coefficient (Wildman–Crippen LogP) is 4.82. The predicted molar refractivity (Wildman–Crippen MR) is 91.3 cm³/mol. The highest BCUT2D eigenvalue weighted by molar-refractivity contribution is 7.99. The summed E-state index contributed by atoms with van der Waals surface area (Å²) < 4.78 is 5.21. The lowest BCUT2D eigenvalue weighted by Crippen LogP contribution is -2.25. The number of benzene rings is 2. The Balaban J connectivity index is 1.85. The number of carbonyl (C=O) groups is 1. The van der Waals surface area contributed by atoms with Crippen LogP contribution in [0.4, 0.5) is 0 Å². The van der Waals surface area contributed by atoms with Gasteiger partial charge in [0.15, 0.2) is 0 Å². The standard InChI is InChI=1S/C19H20O2S/c1-13-17(20)12-18(14-8-10-16(21-2)11-9-14)22-19(13)15-6-4-3-5-7-15/h3-11,13,18-19H,12H2,1-2H3/t13-,18+,19-/m1/s1. The Morgan fingerprint density at radius 1 is 1.00 bits per heavy atom. The maximum Gasteiger partial charge on any atom is 0.138 e. The number of Topliss-reactive ketones (excluding diaryl/α,β-unsaturated/α-hetero) is 1. The molecule has 0 aliphatic carbocycles. The van der Waals surface area contributed by atoms with E-state index in [9.17, 15) is 4.79 Å². The lowest BCUT2D eigenvalue weighted by atomic mass is 9.91. The monoisotopic (exact) mass is 312 g/mol. The third-order valence-corrected chi connectivity index (χ3v) is 6.02. The van der Waals surface area contributed by atoms with Crippen LogP contribution in [0.1, 0.15) is 35.0 Å². The molecule has 1 aliphatic heterocycles. The molecule has 0 amide bonds. The number of ketones is 1. The molecule has 1 heterocycles. The molecule has 1 aliphatic rings. The van der Waals surface area contributed by atoms with Crippen LogP contribution in [-0.2, 0) is 4.79 Å². The van der Waals surface area contributed by atoms with Gasteiger partial charge in [0.25, 0.3) is 0 Å². The van der Waals surface area contributed by atoms with Crippen molar-refractivity contribution >= 4 is 17.5 Å². The molecule has 0 aromatic heterocycles. The molecule has 0 N–H and O–H groups in total. The second-order valence-corrected chi connectivity index (χ2v) is 7.04. The van der Waals surface area contributed by atoms with E-state index < -0.39 is 0 Å². The van der Waals surface area contributed by atoms with Gasteiger partial charge in [-0.05, 0) is 23.3 Å². The SMILES string of the molecule is COc1ccc([C@@H]2CC(=O)[C@@H](C)[C@H](c3ccccc3)S2)cc1. The minimum absolute atomic E-state index is 0.0712. The average Bonchev–Trinajstić information content (AvgIpc) is 2.58. The summed E-state index contributed by atoms with van der Waals surface area (Å²) in [6.45, 7) is 2.05. The lowest BCUT2D eigenvalue weighted by Gasteiger charge is -2.33. The summed E-state index contributed by atoms with van der Waals surface area (Å²) in [6, 6.07) is 18.4. The number of carbonyl (C=O) groups excluding carboxylic acids is 1. The first-order chi connectivity index (χ1) is 10.7. The third kappa shape index (κ3) is 3.05. The molecule has 3 rings (SSSR count). The van der Waals surface area contributed by atoms with E-state index >= 15 is 0 Å². The number of thioether (sulfide) groups is 1. The summed E-state index contributed by atoms with van der Waals surface area (Å²) in [7, 11) is 1.67. The molecule has 0 spiro atoms. The Labute approximate surface area is 135 Å². The Morgan fingerprint density at radius 3 is 2.32 bits per heavy atom. The topological polar surface area (TPSA) is 26.3 Å². The molecular formula is C19H20O2S. The molecule has 3 atom stereocenters. The highest BCUT2D eigenvalue weighted by Gasteiger charge is 2.35. The van der Waals surface area contributed by atoms with E-state index in [4.69, 9.17) is 4.74 Å². The molecule has 0 saturated carbocycles. The van der Waals surface area contributed by atoms with Gasteiger partial charge in [-0.2, -0.15) is 0 Å². The highest BCUT2D eigenvalue weighted by atomic mass is 32.2. The van der Waals surface area contributed by atoms with E-state index in [0.717, 1.165) is 5.75 Å². The third-order valence-electron chi connectivity index (χ3n) is 4.28. The first-order valence-corrected chi connectivity index (χ1v) is 8.50. The van der Waals surface area contributed by atoms with Crippen LogP contribution in [0.25, 0.3) is 0 Å². The van der Waals surface area contributed by atoms with Crippen LogP contribution in [0.2, 0.25) is 0 Å². The fraction of sp³-hybridized carbons (Fsp3) is 0.316. The van der Waals surface area contributed by atoms with Crippen molar-refractivity contribution in [3.8, 4) is 5.75 Å². The molecule has 1 fully saturated rings. The van der Waals surface area contributed by atoms with Crippen molar-refractivity contribution in [1.29, 1.82) is 0 Å². The zero-order valence-corrected chi connectivity index (χ0v) is 13.7. The smallest absolute Gasteiger partial charge is 0.138 e. The first kappa shape index (κ1) is 15.2. The van der Waals surface area contributed by atoms with Crippen molar-refractivity contribution in [2.45, 2.75) is 23.8 Å². The van der Waals surface area contributed by atoms with Crippen molar-refractivity contribution in [2.24, 2.45) is 5.92 Å². The number of hydrogen-bond acceptors (Lipinski definition) is 3. The van der Waals surface area contributed by atoms with E-state index in [1.54, 1.807) is 7.11 Å². The zero-order chi connectivity index (χ0) is 15.5. The molecule has 3 heteroatoms. The summed E-state index contributed by atoms with van der Waals surface area (Å²) in [5, 5.41) is 0.453. The quantitative estimate of drug-likeness (QED) is 0.813. The van der Waals surface area contributed by atoms with Crippen LogP contribution < -0.4 is 4.74 Å². The largest absolute Gasteiger partial charge is 0.497 e. The molecule has 2 aromatic carbocycles. The molecule has 2 aromatic rings. The van der Waals surface area contributed by atoms with Gasteiger partial charge >= 0.3 is 0 Å². The Kier molecular flexibility index (Phi) is 4.53. The van der Waals surface area contributed by atoms with Crippen molar-refractivity contribution < 1.29 is 9.53 Å². The Morgan fingerprint density at radius 2 is 1.68 bits per heavy atom. The maximum absolute atomic E-state index is 12.4. The number of rotatable bonds is 3. The van der Waals surface area contributed by atoms with Crippen LogP contribution in [0, 0.1) is 5.92 Å². The lowest BCUT2D eigenvalue weighted by molar-refractivity contribution is -0.122. The zero-order valence-electron chi connectivity index (χ0n) is 12.9. The first-order valence-electron chi connectivity index (χ1n) is 7.56. The van der Waals surface area contributed by atoms with Gasteiger partial charge in [0.05, 0.1) is 7.11 Å². The van der Waals surface area contributed by atoms with Gasteiger partial charge in [-0.3, -0.25) is 4.79 Å². The van der Waals surface area contributed by atoms with Crippen LogP contribution in [0.15, 0.2) is 54.6 Å². The van der Waals surface area contributed by atoms with Gasteiger partial charge in [0, 0.05) is 22.8 Å². The minimum atomic E-state index is 0.0712. The van der Waals surface area contributed by atoms with Gasteiger partial charge in [0.1, 0.15) is 11.5 Å². The van der Waals surface area contributed by atoms with Gasteiger partial charge in [-0.1, -0.05) is 49.4 Å². The van der Waals surface area contributed by atoms with E-state index in [1.165, 1.54) is 11.1 Å². The van der Waals surface area contributed by atoms with Crippen molar-refractivity contribution in [1.82, 2.24) is 0 Å². The van der Waals surface area contributed by atoms with E-state index in [-0.39, 0.29) is 16.4 Å². The normalized spacial score (nSPS) is 25.0. The summed E-state index contributed by atoms with van der Waals surface area (Å²) >= 11 is 1.90. The maximum atomic E-state index is 12.4. The highest BCUT2D eigenvalue weighted by Crippen LogP contribution is 2.51. The van der Waals surface area contributed by atoms with Crippen molar-refractivity contribution in [2.75, 3.05) is 7.11 Å². The molecular weight excluding hydrogens is 292 g/mol. The number of hydrogen-bond donors (Lipinski definition) is 0. The van der Waals surface area contributed by atoms with Gasteiger partial charge in [-0.15, -0.1) is 11.8 Å². The van der Waals surface area contributed by atoms with Crippen LogP contribution in [0.3, 0.4) is 0 Å². The second-order valence-electron chi connectivity index (χ2n) is 5.69. The summed E-state index contributed by atoms with van der Waals surface area (Å²) in [6.07, 6.45) is 0.613. The molecule has 0 radical (unpaired) electrons. The minimum Gasteiger partial charge on any atom is -0.497 e. The van der Waals surface area contributed by atoms with Crippen LogP contribution >= 0.6 is 11.8 Å². The molecule has 0 bridgehead atoms. The summed E-state index contributed by atoms with van der Waals surface area (Å²) in [5.74, 6) is 1.28. The van der Waals surface area contributed by atoms with E-state index in [1.807, 2.05) is 42.1 Å². The Bertz CT molecular complexity index is 636. The fourth-order valence-corrected chi connectivity index (χ4v) is 4.54. The summed E-state index contributed by atoms with van der Waals surface area (Å²) in [5.41, 5.74) is 2.44.